The third-order valence-electron chi connectivity index (χ3n) is 6.80. The first-order chi connectivity index (χ1) is 17.5. The van der Waals surface area contributed by atoms with Crippen LogP contribution in [0.1, 0.15) is 72.1 Å². The van der Waals surface area contributed by atoms with Crippen molar-refractivity contribution in [2.45, 2.75) is 58.3 Å². The minimum atomic E-state index is -0.679. The van der Waals surface area contributed by atoms with Crippen LogP contribution in [-0.4, -0.2) is 28.4 Å². The zero-order valence-electron chi connectivity index (χ0n) is 20.5. The molecule has 1 aromatic carbocycles. The molecular formula is C29H31F2N3O2. The molecule has 1 aliphatic heterocycles. The Bertz CT molecular complexity index is 1260. The zero-order valence-corrected chi connectivity index (χ0v) is 20.5. The minimum Gasteiger partial charge on any atom is -0.288 e. The molecule has 0 fully saturated rings. The van der Waals surface area contributed by atoms with E-state index >= 15 is 0 Å². The highest BCUT2D eigenvalue weighted by Gasteiger charge is 2.22. The molecule has 0 saturated carbocycles. The second-order valence-corrected chi connectivity index (χ2v) is 9.24. The van der Waals surface area contributed by atoms with Crippen molar-refractivity contribution < 1.29 is 18.8 Å². The maximum atomic E-state index is 14.1. The van der Waals surface area contributed by atoms with Crippen molar-refractivity contribution in [3.8, 4) is 0 Å². The fraction of sp³-hybridized carbons (Fsp3) is 0.345. The van der Waals surface area contributed by atoms with E-state index in [9.17, 15) is 13.6 Å². The van der Waals surface area contributed by atoms with Gasteiger partial charge in [-0.1, -0.05) is 24.3 Å². The lowest BCUT2D eigenvalue weighted by molar-refractivity contribution is 0.0700. The fourth-order valence-electron chi connectivity index (χ4n) is 4.88. The Morgan fingerprint density at radius 2 is 2.03 bits per heavy atom. The monoisotopic (exact) mass is 491 g/mol. The molecule has 0 radical (unpaired) electrons. The molecule has 4 rings (SSSR count). The molecule has 5 nitrogen and oxygen atoms in total. The molecule has 2 aromatic rings. The van der Waals surface area contributed by atoms with Crippen LogP contribution in [0, 0.1) is 18.6 Å². The van der Waals surface area contributed by atoms with Gasteiger partial charge in [-0.2, -0.15) is 0 Å². The molecule has 188 valence electrons. The van der Waals surface area contributed by atoms with E-state index in [0.29, 0.717) is 24.8 Å². The second kappa shape index (κ2) is 12.0. The first-order valence-electron chi connectivity index (χ1n) is 12.4. The first-order valence-corrected chi connectivity index (χ1v) is 12.4. The minimum absolute atomic E-state index is 0.115. The summed E-state index contributed by atoms with van der Waals surface area (Å²) in [4.78, 5) is 20.7. The number of nitrogens with one attached hydrogen (secondary N) is 1. The van der Waals surface area contributed by atoms with Crippen LogP contribution in [0.3, 0.4) is 0 Å². The summed E-state index contributed by atoms with van der Waals surface area (Å²) in [7, 11) is 0. The normalized spacial score (nSPS) is 15.6. The van der Waals surface area contributed by atoms with Crippen molar-refractivity contribution in [3.63, 3.8) is 0 Å². The Morgan fingerprint density at radius 3 is 2.83 bits per heavy atom. The number of halogens is 2. The van der Waals surface area contributed by atoms with Gasteiger partial charge in [0.2, 0.25) is 0 Å². The number of aromatic nitrogens is 1. The van der Waals surface area contributed by atoms with E-state index in [2.05, 4.69) is 22.1 Å². The number of allylic oxidation sites excluding steroid dienone is 5. The van der Waals surface area contributed by atoms with Crippen molar-refractivity contribution in [1.29, 1.82) is 0 Å². The van der Waals surface area contributed by atoms with Crippen LogP contribution in [0.25, 0.3) is 5.57 Å². The predicted molar refractivity (Wildman–Crippen MR) is 137 cm³/mol. The third-order valence-corrected chi connectivity index (χ3v) is 6.80. The maximum absolute atomic E-state index is 14.1. The van der Waals surface area contributed by atoms with Crippen molar-refractivity contribution in [2.75, 3.05) is 6.54 Å². The smallest absolute Gasteiger partial charge is 0.288 e. The van der Waals surface area contributed by atoms with E-state index in [4.69, 9.17) is 5.21 Å². The molecule has 36 heavy (non-hydrogen) atoms. The van der Waals surface area contributed by atoms with Crippen LogP contribution in [0.15, 0.2) is 64.8 Å². The molecule has 0 atom stereocenters. The van der Waals surface area contributed by atoms with Crippen LogP contribution in [0.2, 0.25) is 0 Å². The molecular weight excluding hydrogens is 460 g/mol. The summed E-state index contributed by atoms with van der Waals surface area (Å²) in [6, 6.07) is 5.30. The average molecular weight is 492 g/mol. The van der Waals surface area contributed by atoms with Gasteiger partial charge in [0.05, 0.1) is 6.54 Å². The topological polar surface area (TPSA) is 74.6 Å². The number of carbonyl (C=O) groups is 1. The molecule has 7 heteroatoms. The molecule has 0 spiro atoms. The van der Waals surface area contributed by atoms with E-state index in [1.807, 2.05) is 13.0 Å². The van der Waals surface area contributed by atoms with Gasteiger partial charge in [-0.25, -0.2) is 14.3 Å². The number of rotatable bonds is 10. The molecule has 1 amide bonds. The molecule has 2 heterocycles. The van der Waals surface area contributed by atoms with Gasteiger partial charge >= 0.3 is 0 Å². The zero-order chi connectivity index (χ0) is 25.5. The lowest BCUT2D eigenvalue weighted by atomic mass is 9.95. The summed E-state index contributed by atoms with van der Waals surface area (Å²) >= 11 is 0. The van der Waals surface area contributed by atoms with Gasteiger partial charge in [0.15, 0.2) is 0 Å². The Labute approximate surface area is 210 Å². The van der Waals surface area contributed by atoms with E-state index in [-0.39, 0.29) is 5.69 Å². The van der Waals surface area contributed by atoms with Crippen molar-refractivity contribution in [1.82, 2.24) is 10.5 Å². The molecule has 0 saturated heterocycles. The van der Waals surface area contributed by atoms with Gasteiger partial charge in [0.1, 0.15) is 17.3 Å². The van der Waals surface area contributed by atoms with Gasteiger partial charge in [0, 0.05) is 24.4 Å². The third kappa shape index (κ3) is 6.21. The SMILES string of the molecule is Cc1cnc(C(=O)NO)cc1/C(=C\CCc1ccc(F)cc1F)CC/C=C/CC1=NCC2=C1CCC2. The number of carbonyl (C=O) groups excluding carboxylic acids is 1. The lowest BCUT2D eigenvalue weighted by Crippen LogP contribution is -2.20. The number of aryl methyl sites for hydroxylation is 2. The number of aliphatic imine (C=N–C) groups is 1. The number of hydrogen-bond donors (Lipinski definition) is 2. The van der Waals surface area contributed by atoms with Gasteiger partial charge < -0.3 is 0 Å². The number of benzene rings is 1. The molecule has 2 N–H and O–H groups in total. The summed E-state index contributed by atoms with van der Waals surface area (Å²) in [5, 5.41) is 9.01. The Kier molecular flexibility index (Phi) is 8.54. The van der Waals surface area contributed by atoms with Crippen LogP contribution in [-0.2, 0) is 6.42 Å². The predicted octanol–water partition coefficient (Wildman–Crippen LogP) is 6.47. The fourth-order valence-corrected chi connectivity index (χ4v) is 4.88. The highest BCUT2D eigenvalue weighted by Crippen LogP contribution is 2.32. The molecule has 2 aliphatic rings. The van der Waals surface area contributed by atoms with E-state index in [0.717, 1.165) is 48.6 Å². The molecule has 1 aliphatic carbocycles. The number of nitrogens with zero attached hydrogens (tertiary/aromatic N) is 2. The molecule has 1 aromatic heterocycles. The van der Waals surface area contributed by atoms with Crippen molar-refractivity contribution in [3.05, 3.63) is 93.9 Å². The molecule has 0 bridgehead atoms. The van der Waals surface area contributed by atoms with Crippen LogP contribution in [0.4, 0.5) is 8.78 Å². The van der Waals surface area contributed by atoms with Gasteiger partial charge in [-0.3, -0.25) is 20.0 Å². The quantitative estimate of drug-likeness (QED) is 0.227. The summed E-state index contributed by atoms with van der Waals surface area (Å²) in [5.74, 6) is -1.82. The van der Waals surface area contributed by atoms with Crippen LogP contribution < -0.4 is 5.48 Å². The van der Waals surface area contributed by atoms with Gasteiger partial charge in [-0.15, -0.1) is 0 Å². The van der Waals surface area contributed by atoms with Crippen LogP contribution >= 0.6 is 0 Å². The summed E-state index contributed by atoms with van der Waals surface area (Å²) < 4.78 is 27.3. The first kappa shape index (κ1) is 25.6. The summed E-state index contributed by atoms with van der Waals surface area (Å²) in [5.41, 5.74) is 9.16. The number of pyridine rings is 1. The van der Waals surface area contributed by atoms with Gasteiger partial charge in [-0.05, 0) is 97.4 Å². The lowest BCUT2D eigenvalue weighted by Gasteiger charge is -2.12. The standard InChI is InChI=1S/C29H31F2N3O2/c1-19-17-32-28(29(35)34-36)16-25(19)20(8-5-9-21-13-14-23(30)15-26(21)31)7-3-2-4-12-27-24-11-6-10-22(24)18-33-27/h2,4,8,13-17,36H,3,5-7,9-12,18H2,1H3,(H,34,35)/b4-2+,20-8-. The second-order valence-electron chi connectivity index (χ2n) is 9.24. The van der Waals surface area contributed by atoms with Crippen LogP contribution in [0.5, 0.6) is 0 Å². The van der Waals surface area contributed by atoms with Crippen molar-refractivity contribution in [2.24, 2.45) is 4.99 Å². The molecule has 0 unspecified atom stereocenters. The largest absolute Gasteiger partial charge is 0.293 e. The Balaban J connectivity index is 1.46. The average Bonchev–Trinajstić information content (AvgIpc) is 3.49. The van der Waals surface area contributed by atoms with E-state index < -0.39 is 17.5 Å². The number of hydroxylamine groups is 1. The van der Waals surface area contributed by atoms with Gasteiger partial charge in [0.25, 0.3) is 5.91 Å². The number of amides is 1. The summed E-state index contributed by atoms with van der Waals surface area (Å²) in [6.45, 7) is 2.78. The Morgan fingerprint density at radius 1 is 1.17 bits per heavy atom. The van der Waals surface area contributed by atoms with E-state index in [1.54, 1.807) is 17.7 Å². The number of hydrogen-bond acceptors (Lipinski definition) is 4. The van der Waals surface area contributed by atoms with E-state index in [1.165, 1.54) is 41.8 Å². The van der Waals surface area contributed by atoms with Crippen molar-refractivity contribution >= 4 is 17.2 Å². The highest BCUT2D eigenvalue weighted by atomic mass is 19.1. The summed E-state index contributed by atoms with van der Waals surface area (Å²) in [6.07, 6.45) is 14.9. The Hall–Kier alpha value is -3.45. The maximum Gasteiger partial charge on any atom is 0.293 e. The highest BCUT2D eigenvalue weighted by molar-refractivity contribution is 6.04.